The normalized spacial score (nSPS) is 12.8. The van der Waals surface area contributed by atoms with E-state index in [4.69, 9.17) is 70.3 Å². The molecule has 7 aromatic rings. The molecule has 0 spiro atoms. The predicted octanol–water partition coefficient (Wildman–Crippen LogP) is 12.2. The van der Waals surface area contributed by atoms with Crippen LogP contribution in [0.5, 0.6) is 23.0 Å². The van der Waals surface area contributed by atoms with E-state index in [9.17, 15) is 24.0 Å². The first kappa shape index (κ1) is 58.3. The van der Waals surface area contributed by atoms with Crippen molar-refractivity contribution in [3.05, 3.63) is 159 Å². The van der Waals surface area contributed by atoms with E-state index in [-0.39, 0.29) is 111 Å². The van der Waals surface area contributed by atoms with Crippen molar-refractivity contribution < 1.29 is 42.9 Å². The Kier molecular flexibility index (Phi) is 18.0. The van der Waals surface area contributed by atoms with E-state index in [1.807, 2.05) is 0 Å². The van der Waals surface area contributed by atoms with E-state index in [1.165, 1.54) is 66.2 Å². The van der Waals surface area contributed by atoms with Gasteiger partial charge in [0.15, 0.2) is 0 Å². The number of aromatic nitrogens is 4. The third kappa shape index (κ3) is 12.6. The van der Waals surface area contributed by atoms with Crippen molar-refractivity contribution in [1.82, 2.24) is 19.9 Å². The van der Waals surface area contributed by atoms with Crippen LogP contribution in [-0.4, -0.2) is 85.2 Å². The van der Waals surface area contributed by atoms with Crippen molar-refractivity contribution in [1.29, 1.82) is 0 Å². The second-order valence-corrected chi connectivity index (χ2v) is 19.7. The second-order valence-electron chi connectivity index (χ2n) is 18.2. The molecule has 26 heteroatoms. The summed E-state index contributed by atoms with van der Waals surface area (Å²) in [4.78, 5) is 91.5. The number of urea groups is 2. The molecule has 83 heavy (non-hydrogen) atoms. The fourth-order valence-corrected chi connectivity index (χ4v) is 10.3. The lowest BCUT2D eigenvalue weighted by Gasteiger charge is -2.37. The molecular formula is C57H51Cl4N13O9. The molecule has 0 radical (unpaired) electrons. The summed E-state index contributed by atoms with van der Waals surface area (Å²) in [7, 11) is 7.29. The molecular weight excluding hydrogens is 1150 g/mol. The van der Waals surface area contributed by atoms with E-state index in [0.717, 1.165) is 6.08 Å². The zero-order chi connectivity index (χ0) is 59.1. The van der Waals surface area contributed by atoms with Gasteiger partial charge >= 0.3 is 12.1 Å². The number of methoxy groups -OCH3 is 4. The molecule has 0 aliphatic carbocycles. The van der Waals surface area contributed by atoms with Crippen molar-refractivity contribution in [3.8, 4) is 23.0 Å². The SMILES string of the molecule is C=CC(=O)Nc1ccccc1Nc1ncc2c(n1)N(Cc1cccc(NC(=O)CC/C=C/C(=O)Nc3ccccc3Nc3ncc4c(n3)N(C)C(=O)N(c3c(Cl)c(OC)cc(OC)c3Cl)C4)c1)C(=O)N(c1c(Cl)c(OC)cc(OC)c1Cl)C2. The highest BCUT2D eigenvalue weighted by Gasteiger charge is 2.38. The minimum atomic E-state index is -0.556. The van der Waals surface area contributed by atoms with E-state index in [1.54, 1.807) is 98.3 Å². The molecule has 0 saturated heterocycles. The molecule has 5 aromatic carbocycles. The van der Waals surface area contributed by atoms with Crippen LogP contribution in [0, 0.1) is 0 Å². The molecule has 0 bridgehead atoms. The lowest BCUT2D eigenvalue weighted by atomic mass is 10.1. The topological polar surface area (TPSA) is 247 Å². The monoisotopic (exact) mass is 1200 g/mol. The third-order valence-electron chi connectivity index (χ3n) is 12.9. The van der Waals surface area contributed by atoms with Gasteiger partial charge in [0, 0.05) is 54.8 Å². The van der Waals surface area contributed by atoms with Gasteiger partial charge in [-0.2, -0.15) is 9.97 Å². The summed E-state index contributed by atoms with van der Waals surface area (Å²) < 4.78 is 21.8. The Morgan fingerprint density at radius 3 is 1.61 bits per heavy atom. The molecule has 0 fully saturated rings. The fourth-order valence-electron chi connectivity index (χ4n) is 8.92. The summed E-state index contributed by atoms with van der Waals surface area (Å²) in [6.07, 6.45) is 7.42. The summed E-state index contributed by atoms with van der Waals surface area (Å²) in [6, 6.07) is 22.8. The van der Waals surface area contributed by atoms with Crippen LogP contribution in [0.3, 0.4) is 0 Å². The molecule has 4 heterocycles. The van der Waals surface area contributed by atoms with Gasteiger partial charge in [0.2, 0.25) is 29.6 Å². The van der Waals surface area contributed by atoms with Crippen molar-refractivity contribution in [3.63, 3.8) is 0 Å². The lowest BCUT2D eigenvalue weighted by Crippen LogP contribution is -2.48. The number of anilines is 11. The summed E-state index contributed by atoms with van der Waals surface area (Å²) in [6.45, 7) is 3.47. The zero-order valence-electron chi connectivity index (χ0n) is 45.0. The van der Waals surface area contributed by atoms with Crippen molar-refractivity contribution in [2.45, 2.75) is 32.5 Å². The van der Waals surface area contributed by atoms with Crippen LogP contribution in [0.15, 0.2) is 122 Å². The Morgan fingerprint density at radius 1 is 0.614 bits per heavy atom. The number of amides is 7. The Balaban J connectivity index is 0.853. The maximum atomic E-state index is 14.9. The number of benzene rings is 5. The largest absolute Gasteiger partial charge is 0.495 e. The first-order valence-electron chi connectivity index (χ1n) is 25.1. The number of nitrogens with one attached hydrogen (secondary N) is 5. The fraction of sp³-hybridized carbons (Fsp3) is 0.175. The standard InChI is InChI=1S/C57H51Cl4N13O9/c1-7-43(75)65-35-17-8-10-19-37(35)68-55-63-27-33-30-73(51-48(60)41(82-5)25-42(83-6)49(51)61)57(79)74(53(33)70-55)28-31-15-14-16-34(23-31)64-44(76)21-12-13-22-45(77)66-36-18-9-11-20-38(36)67-54-62-26-32-29-72(56(78)71(2)52(32)69-54)50-46(58)39(80-3)24-40(81-4)47(50)59/h7-11,13-20,22-27H,1,12,21,28-30H2,2-6H3,(H,64,76)(H,65,75)(H,66,77)(H,62,67,69)(H,63,68,70)/b22-13+. The number of allylic oxidation sites excluding steroid dienone is 1. The number of nitrogens with zero attached hydrogens (tertiary/aromatic N) is 8. The summed E-state index contributed by atoms with van der Waals surface area (Å²) in [5.74, 6) is 0.619. The van der Waals surface area contributed by atoms with Gasteiger partial charge in [0.05, 0.1) is 82.2 Å². The third-order valence-corrected chi connectivity index (χ3v) is 14.4. The first-order chi connectivity index (χ1) is 40.0. The Bertz CT molecular complexity index is 3700. The minimum absolute atomic E-state index is 0.0237. The highest BCUT2D eigenvalue weighted by atomic mass is 35.5. The Labute approximate surface area is 495 Å². The van der Waals surface area contributed by atoms with Gasteiger partial charge < -0.3 is 45.5 Å². The molecule has 5 N–H and O–H groups in total. The number of carbonyl (C=O) groups excluding carboxylic acids is 5. The number of hydrogen-bond acceptors (Lipinski definition) is 15. The van der Waals surface area contributed by atoms with Gasteiger partial charge in [-0.15, -0.1) is 0 Å². The van der Waals surface area contributed by atoms with Crippen LogP contribution in [0.1, 0.15) is 29.5 Å². The Hall–Kier alpha value is -9.35. The summed E-state index contributed by atoms with van der Waals surface area (Å²) >= 11 is 27.0. The van der Waals surface area contributed by atoms with Crippen molar-refractivity contribution in [2.75, 3.05) is 81.7 Å². The van der Waals surface area contributed by atoms with Crippen LogP contribution in [0.25, 0.3) is 0 Å². The van der Waals surface area contributed by atoms with E-state index in [2.05, 4.69) is 48.1 Å². The van der Waals surface area contributed by atoms with Crippen molar-refractivity contribution >= 4 is 140 Å². The summed E-state index contributed by atoms with van der Waals surface area (Å²) in [5, 5.41) is 15.2. The molecule has 0 saturated carbocycles. The summed E-state index contributed by atoms with van der Waals surface area (Å²) in [5.41, 5.74) is 4.30. The van der Waals surface area contributed by atoms with Crippen LogP contribution >= 0.6 is 46.4 Å². The number of para-hydroxylation sites is 4. The highest BCUT2D eigenvalue weighted by Crippen LogP contribution is 2.50. The second kappa shape index (κ2) is 25.6. The number of halogens is 4. The van der Waals surface area contributed by atoms with Gasteiger partial charge in [0.25, 0.3) is 0 Å². The molecule has 0 atom stereocenters. The first-order valence-corrected chi connectivity index (χ1v) is 26.6. The lowest BCUT2D eigenvalue weighted by molar-refractivity contribution is -0.116. The maximum Gasteiger partial charge on any atom is 0.330 e. The highest BCUT2D eigenvalue weighted by molar-refractivity contribution is 6.43. The maximum absolute atomic E-state index is 14.9. The quantitative estimate of drug-likeness (QED) is 0.0445. The van der Waals surface area contributed by atoms with Crippen LogP contribution < -0.4 is 65.1 Å². The van der Waals surface area contributed by atoms with Gasteiger partial charge in [0.1, 0.15) is 54.7 Å². The van der Waals surface area contributed by atoms with E-state index >= 15 is 0 Å². The number of carbonyl (C=O) groups is 5. The van der Waals surface area contributed by atoms with Gasteiger partial charge in [-0.05, 0) is 60.5 Å². The van der Waals surface area contributed by atoms with E-state index < -0.39 is 23.9 Å². The van der Waals surface area contributed by atoms with Crippen molar-refractivity contribution in [2.24, 2.45) is 0 Å². The molecule has 2 aliphatic rings. The molecule has 0 unspecified atom stereocenters. The number of ether oxygens (including phenoxy) is 4. The molecule has 22 nitrogen and oxygen atoms in total. The predicted molar refractivity (Wildman–Crippen MR) is 321 cm³/mol. The van der Waals surface area contributed by atoms with Gasteiger partial charge in [-0.3, -0.25) is 34.0 Å². The van der Waals surface area contributed by atoms with Crippen LogP contribution in [0.4, 0.5) is 72.9 Å². The minimum Gasteiger partial charge on any atom is -0.495 e. The molecule has 2 aliphatic heterocycles. The molecule has 426 valence electrons. The number of hydrogen-bond donors (Lipinski definition) is 5. The Morgan fingerprint density at radius 2 is 1.10 bits per heavy atom. The average molecular weight is 1200 g/mol. The average Bonchev–Trinajstić information content (AvgIpc) is 1.93. The van der Waals surface area contributed by atoms with Gasteiger partial charge in [-0.1, -0.05) is 95.5 Å². The zero-order valence-corrected chi connectivity index (χ0v) is 48.0. The van der Waals surface area contributed by atoms with Crippen LogP contribution in [0.2, 0.25) is 20.1 Å². The smallest absolute Gasteiger partial charge is 0.330 e. The molecule has 2 aromatic heterocycles. The van der Waals surface area contributed by atoms with Crippen LogP contribution in [-0.2, 0) is 34.0 Å². The van der Waals surface area contributed by atoms with E-state index in [0.29, 0.717) is 50.9 Å². The molecule has 7 amide bonds. The van der Waals surface area contributed by atoms with Gasteiger partial charge in [-0.25, -0.2) is 19.6 Å². The number of rotatable bonds is 20. The number of fused-ring (bicyclic) bond motifs is 2. The molecule has 9 rings (SSSR count).